The molecule has 0 unspecified atom stereocenters. The summed E-state index contributed by atoms with van der Waals surface area (Å²) in [7, 11) is 0. The molecule has 0 spiro atoms. The molecular formula is C19H30N2O2. The van der Waals surface area contributed by atoms with E-state index in [1.807, 2.05) is 6.92 Å². The van der Waals surface area contributed by atoms with E-state index in [0.29, 0.717) is 12.6 Å². The molecule has 3 rings (SSSR count). The number of β-amino-alcohol motifs (C(OH)–C–C–N with tert-alkyl or cyclic N) is 1. The number of likely N-dealkylation sites (tertiary alicyclic amines) is 2. The van der Waals surface area contributed by atoms with E-state index >= 15 is 0 Å². The first-order valence-corrected chi connectivity index (χ1v) is 9.06. The van der Waals surface area contributed by atoms with Crippen molar-refractivity contribution in [2.75, 3.05) is 39.3 Å². The summed E-state index contributed by atoms with van der Waals surface area (Å²) in [4.78, 5) is 5.02. The average molecular weight is 318 g/mol. The van der Waals surface area contributed by atoms with E-state index in [-0.39, 0.29) is 12.2 Å². The lowest BCUT2D eigenvalue weighted by atomic mass is 10.0. The zero-order chi connectivity index (χ0) is 16.1. The van der Waals surface area contributed by atoms with Gasteiger partial charge in [-0.05, 0) is 44.8 Å². The normalized spacial score (nSPS) is 27.6. The van der Waals surface area contributed by atoms with Crippen molar-refractivity contribution in [1.82, 2.24) is 9.80 Å². The van der Waals surface area contributed by atoms with Gasteiger partial charge in [0, 0.05) is 32.3 Å². The van der Waals surface area contributed by atoms with E-state index in [4.69, 9.17) is 4.74 Å². The van der Waals surface area contributed by atoms with Crippen LogP contribution in [0.4, 0.5) is 0 Å². The van der Waals surface area contributed by atoms with Gasteiger partial charge >= 0.3 is 0 Å². The molecule has 2 aliphatic rings. The SMILES string of the molecule is CCO[C@@H]1CN(C2CCN(CCc3ccccc3)CC2)C[C@H]1O. The second-order valence-electron chi connectivity index (χ2n) is 6.82. The summed E-state index contributed by atoms with van der Waals surface area (Å²) >= 11 is 0. The molecular weight excluding hydrogens is 288 g/mol. The Balaban J connectivity index is 1.40. The number of ether oxygens (including phenoxy) is 1. The van der Waals surface area contributed by atoms with Crippen LogP contribution in [0.2, 0.25) is 0 Å². The number of nitrogens with zero attached hydrogens (tertiary/aromatic N) is 2. The highest BCUT2D eigenvalue weighted by molar-refractivity contribution is 5.14. The molecule has 4 heteroatoms. The van der Waals surface area contributed by atoms with Gasteiger partial charge in [-0.1, -0.05) is 30.3 Å². The number of aliphatic hydroxyl groups is 1. The monoisotopic (exact) mass is 318 g/mol. The minimum absolute atomic E-state index is 0.0103. The third-order valence-corrected chi connectivity index (χ3v) is 5.28. The van der Waals surface area contributed by atoms with E-state index in [9.17, 15) is 5.11 Å². The van der Waals surface area contributed by atoms with Gasteiger partial charge in [-0.2, -0.15) is 0 Å². The maximum atomic E-state index is 10.1. The Kier molecular flexibility index (Phi) is 6.06. The fraction of sp³-hybridized carbons (Fsp3) is 0.684. The molecule has 1 aromatic carbocycles. The van der Waals surface area contributed by atoms with Crippen LogP contribution >= 0.6 is 0 Å². The van der Waals surface area contributed by atoms with Gasteiger partial charge in [0.1, 0.15) is 0 Å². The van der Waals surface area contributed by atoms with Crippen molar-refractivity contribution in [3.8, 4) is 0 Å². The molecule has 2 atom stereocenters. The van der Waals surface area contributed by atoms with Gasteiger partial charge in [0.25, 0.3) is 0 Å². The van der Waals surface area contributed by atoms with E-state index < -0.39 is 0 Å². The van der Waals surface area contributed by atoms with Gasteiger partial charge in [0.05, 0.1) is 12.2 Å². The number of hydrogen-bond donors (Lipinski definition) is 1. The molecule has 1 N–H and O–H groups in total. The highest BCUT2D eigenvalue weighted by Crippen LogP contribution is 2.23. The van der Waals surface area contributed by atoms with E-state index in [1.165, 1.54) is 31.5 Å². The maximum Gasteiger partial charge on any atom is 0.0972 e. The molecule has 2 saturated heterocycles. The molecule has 128 valence electrons. The second-order valence-corrected chi connectivity index (χ2v) is 6.82. The molecule has 0 amide bonds. The van der Waals surface area contributed by atoms with Gasteiger partial charge in [0.2, 0.25) is 0 Å². The molecule has 0 aliphatic carbocycles. The highest BCUT2D eigenvalue weighted by Gasteiger charge is 2.36. The first kappa shape index (κ1) is 16.9. The number of aliphatic hydroxyl groups excluding tert-OH is 1. The molecule has 0 radical (unpaired) electrons. The van der Waals surface area contributed by atoms with Crippen molar-refractivity contribution >= 4 is 0 Å². The Morgan fingerprint density at radius 2 is 1.87 bits per heavy atom. The molecule has 0 aromatic heterocycles. The molecule has 2 heterocycles. The topological polar surface area (TPSA) is 35.9 Å². The van der Waals surface area contributed by atoms with Gasteiger partial charge in [-0.15, -0.1) is 0 Å². The number of rotatable bonds is 6. The van der Waals surface area contributed by atoms with Gasteiger partial charge in [0.15, 0.2) is 0 Å². The van der Waals surface area contributed by atoms with Crippen molar-refractivity contribution in [2.24, 2.45) is 0 Å². The predicted molar refractivity (Wildman–Crippen MR) is 92.6 cm³/mol. The van der Waals surface area contributed by atoms with Crippen molar-refractivity contribution in [3.63, 3.8) is 0 Å². The van der Waals surface area contributed by atoms with Crippen LogP contribution in [0.25, 0.3) is 0 Å². The Labute approximate surface area is 140 Å². The third-order valence-electron chi connectivity index (χ3n) is 5.28. The molecule has 2 fully saturated rings. The fourth-order valence-corrected chi connectivity index (χ4v) is 3.90. The summed E-state index contributed by atoms with van der Waals surface area (Å²) < 4.78 is 5.64. The summed E-state index contributed by atoms with van der Waals surface area (Å²) in [6.07, 6.45) is 3.25. The zero-order valence-corrected chi connectivity index (χ0v) is 14.2. The first-order chi connectivity index (χ1) is 11.3. The van der Waals surface area contributed by atoms with Crippen molar-refractivity contribution in [2.45, 2.75) is 44.4 Å². The van der Waals surface area contributed by atoms with Crippen LogP contribution in [-0.2, 0) is 11.2 Å². The molecule has 23 heavy (non-hydrogen) atoms. The number of hydrogen-bond acceptors (Lipinski definition) is 4. The molecule has 4 nitrogen and oxygen atoms in total. The smallest absolute Gasteiger partial charge is 0.0972 e. The summed E-state index contributed by atoms with van der Waals surface area (Å²) in [6, 6.07) is 11.4. The lowest BCUT2D eigenvalue weighted by molar-refractivity contribution is -0.00281. The minimum atomic E-state index is -0.314. The van der Waals surface area contributed by atoms with Gasteiger partial charge in [-0.25, -0.2) is 0 Å². The number of piperidine rings is 1. The standard InChI is InChI=1S/C19H30N2O2/c1-2-23-19-15-21(14-18(19)22)17-9-12-20(13-10-17)11-8-16-6-4-3-5-7-16/h3-7,17-19,22H,2,8-15H2,1H3/t18-,19-/m1/s1. The largest absolute Gasteiger partial charge is 0.389 e. The Hall–Kier alpha value is -0.940. The second kappa shape index (κ2) is 8.25. The highest BCUT2D eigenvalue weighted by atomic mass is 16.5. The van der Waals surface area contributed by atoms with Crippen LogP contribution in [0.1, 0.15) is 25.3 Å². The minimum Gasteiger partial charge on any atom is -0.389 e. The number of benzene rings is 1. The summed E-state index contributed by atoms with van der Waals surface area (Å²) in [5.41, 5.74) is 1.43. The molecule has 0 saturated carbocycles. The van der Waals surface area contributed by atoms with E-state index in [0.717, 1.165) is 26.1 Å². The van der Waals surface area contributed by atoms with Crippen LogP contribution in [-0.4, -0.2) is 72.5 Å². The lowest BCUT2D eigenvalue weighted by Crippen LogP contribution is -2.45. The van der Waals surface area contributed by atoms with Gasteiger partial charge < -0.3 is 14.7 Å². The average Bonchev–Trinajstić information content (AvgIpc) is 2.96. The first-order valence-electron chi connectivity index (χ1n) is 9.06. The summed E-state index contributed by atoms with van der Waals surface area (Å²) in [5, 5.41) is 10.1. The fourth-order valence-electron chi connectivity index (χ4n) is 3.90. The van der Waals surface area contributed by atoms with Crippen LogP contribution < -0.4 is 0 Å². The lowest BCUT2D eigenvalue weighted by Gasteiger charge is -2.36. The van der Waals surface area contributed by atoms with E-state index in [1.54, 1.807) is 0 Å². The van der Waals surface area contributed by atoms with Gasteiger partial charge in [-0.3, -0.25) is 4.90 Å². The van der Waals surface area contributed by atoms with Crippen LogP contribution in [0.3, 0.4) is 0 Å². The maximum absolute atomic E-state index is 10.1. The van der Waals surface area contributed by atoms with Crippen molar-refractivity contribution in [1.29, 1.82) is 0 Å². The van der Waals surface area contributed by atoms with Crippen LogP contribution in [0, 0.1) is 0 Å². The zero-order valence-electron chi connectivity index (χ0n) is 14.2. The molecule has 2 aliphatic heterocycles. The Morgan fingerprint density at radius 3 is 2.57 bits per heavy atom. The molecule has 1 aromatic rings. The Bertz CT molecular complexity index is 460. The van der Waals surface area contributed by atoms with Crippen molar-refractivity contribution < 1.29 is 9.84 Å². The van der Waals surface area contributed by atoms with Crippen molar-refractivity contribution in [3.05, 3.63) is 35.9 Å². The summed E-state index contributed by atoms with van der Waals surface area (Å²) in [5.74, 6) is 0. The van der Waals surface area contributed by atoms with E-state index in [2.05, 4.69) is 40.1 Å². The third kappa shape index (κ3) is 4.54. The predicted octanol–water partition coefficient (Wildman–Crippen LogP) is 1.78. The van der Waals surface area contributed by atoms with Crippen LogP contribution in [0.5, 0.6) is 0 Å². The molecule has 0 bridgehead atoms. The summed E-state index contributed by atoms with van der Waals surface area (Å²) in [6.45, 7) is 7.85. The Morgan fingerprint density at radius 1 is 1.13 bits per heavy atom. The quantitative estimate of drug-likeness (QED) is 0.867. The van der Waals surface area contributed by atoms with Crippen LogP contribution in [0.15, 0.2) is 30.3 Å².